The van der Waals surface area contributed by atoms with Crippen molar-refractivity contribution in [1.82, 2.24) is 0 Å². The summed E-state index contributed by atoms with van der Waals surface area (Å²) >= 11 is 0. The van der Waals surface area contributed by atoms with Crippen LogP contribution in [0.5, 0.6) is 0 Å². The largest absolute Gasteiger partial charge is 0.466 e. The van der Waals surface area contributed by atoms with E-state index in [4.69, 9.17) is 10.5 Å². The Bertz CT molecular complexity index is 183. The van der Waals surface area contributed by atoms with Crippen molar-refractivity contribution in [2.24, 2.45) is 5.73 Å². The third-order valence-corrected chi connectivity index (χ3v) is 3.14. The Morgan fingerprint density at radius 3 is 1.72 bits per heavy atom. The molecule has 108 valence electrons. The second-order valence-corrected chi connectivity index (χ2v) is 4.88. The molecule has 3 nitrogen and oxygen atoms in total. The van der Waals surface area contributed by atoms with Gasteiger partial charge in [-0.1, -0.05) is 51.4 Å². The lowest BCUT2D eigenvalue weighted by atomic mass is 10.1. The summed E-state index contributed by atoms with van der Waals surface area (Å²) in [6, 6.07) is 0. The van der Waals surface area contributed by atoms with Crippen molar-refractivity contribution in [2.45, 2.75) is 77.6 Å². The van der Waals surface area contributed by atoms with Gasteiger partial charge in [0.05, 0.1) is 6.61 Å². The second-order valence-electron chi connectivity index (χ2n) is 4.88. The number of rotatable bonds is 13. The summed E-state index contributed by atoms with van der Waals surface area (Å²) in [4.78, 5) is 11.1. The van der Waals surface area contributed by atoms with E-state index in [1.54, 1.807) is 0 Å². The number of hydrogen-bond acceptors (Lipinski definition) is 3. The molecule has 0 unspecified atom stereocenters. The monoisotopic (exact) mass is 257 g/mol. The minimum atomic E-state index is -0.0441. The molecule has 0 aromatic carbocycles. The molecule has 0 saturated carbocycles. The molecular weight excluding hydrogens is 226 g/mol. The Morgan fingerprint density at radius 1 is 0.833 bits per heavy atom. The Labute approximate surface area is 112 Å². The van der Waals surface area contributed by atoms with Crippen LogP contribution in [0, 0.1) is 0 Å². The van der Waals surface area contributed by atoms with Crippen molar-refractivity contribution in [3.8, 4) is 0 Å². The van der Waals surface area contributed by atoms with Gasteiger partial charge in [-0.2, -0.15) is 0 Å². The van der Waals surface area contributed by atoms with E-state index in [1.165, 1.54) is 51.4 Å². The molecule has 0 aromatic rings. The van der Waals surface area contributed by atoms with Gasteiger partial charge >= 0.3 is 5.97 Å². The SMILES string of the molecule is CCOC(=O)CCCCCCCCCCCCN. The lowest BCUT2D eigenvalue weighted by Crippen LogP contribution is -2.03. The predicted molar refractivity (Wildman–Crippen MR) is 76.5 cm³/mol. The number of carbonyl (C=O) groups excluding carboxylic acids is 1. The van der Waals surface area contributed by atoms with Gasteiger partial charge in [-0.3, -0.25) is 4.79 Å². The van der Waals surface area contributed by atoms with Gasteiger partial charge in [0, 0.05) is 6.42 Å². The molecule has 2 N–H and O–H groups in total. The van der Waals surface area contributed by atoms with Gasteiger partial charge < -0.3 is 10.5 Å². The number of ether oxygens (including phenoxy) is 1. The summed E-state index contributed by atoms with van der Waals surface area (Å²) in [6.07, 6.45) is 13.1. The highest BCUT2D eigenvalue weighted by Gasteiger charge is 2.00. The van der Waals surface area contributed by atoms with Crippen molar-refractivity contribution in [3.63, 3.8) is 0 Å². The number of nitrogens with two attached hydrogens (primary N) is 1. The summed E-state index contributed by atoms with van der Waals surface area (Å²) in [5.41, 5.74) is 5.44. The molecule has 0 aliphatic rings. The zero-order valence-electron chi connectivity index (χ0n) is 12.1. The van der Waals surface area contributed by atoms with Gasteiger partial charge in [0.25, 0.3) is 0 Å². The first-order valence-corrected chi connectivity index (χ1v) is 7.67. The van der Waals surface area contributed by atoms with E-state index >= 15 is 0 Å². The Morgan fingerprint density at radius 2 is 1.28 bits per heavy atom. The van der Waals surface area contributed by atoms with Crippen LogP contribution < -0.4 is 5.73 Å². The van der Waals surface area contributed by atoms with Crippen LogP contribution in [0.15, 0.2) is 0 Å². The van der Waals surface area contributed by atoms with Crippen LogP contribution in [-0.4, -0.2) is 19.1 Å². The maximum Gasteiger partial charge on any atom is 0.305 e. The maximum absolute atomic E-state index is 11.1. The molecule has 0 rings (SSSR count). The molecule has 0 heterocycles. The topological polar surface area (TPSA) is 52.3 Å². The highest BCUT2D eigenvalue weighted by molar-refractivity contribution is 5.69. The zero-order valence-corrected chi connectivity index (χ0v) is 12.1. The standard InChI is InChI=1S/C15H31NO2/c1-2-18-15(17)13-11-9-7-5-3-4-6-8-10-12-14-16/h2-14,16H2,1H3. The molecule has 0 aliphatic heterocycles. The molecule has 0 bridgehead atoms. The highest BCUT2D eigenvalue weighted by Crippen LogP contribution is 2.11. The van der Waals surface area contributed by atoms with Crippen LogP contribution in [-0.2, 0) is 9.53 Å². The first-order valence-electron chi connectivity index (χ1n) is 7.67. The van der Waals surface area contributed by atoms with Crippen molar-refractivity contribution in [3.05, 3.63) is 0 Å². The fourth-order valence-electron chi connectivity index (χ4n) is 2.06. The first-order chi connectivity index (χ1) is 8.81. The predicted octanol–water partition coefficient (Wildman–Crippen LogP) is 3.80. The van der Waals surface area contributed by atoms with Crippen LogP contribution in [0.3, 0.4) is 0 Å². The fourth-order valence-corrected chi connectivity index (χ4v) is 2.06. The van der Waals surface area contributed by atoms with Crippen molar-refractivity contribution in [1.29, 1.82) is 0 Å². The molecule has 0 fully saturated rings. The Balaban J connectivity index is 3.01. The van der Waals surface area contributed by atoms with Gasteiger partial charge in [-0.25, -0.2) is 0 Å². The van der Waals surface area contributed by atoms with Crippen molar-refractivity contribution >= 4 is 5.97 Å². The number of hydrogen-bond donors (Lipinski definition) is 1. The molecule has 0 saturated heterocycles. The van der Waals surface area contributed by atoms with E-state index in [0.717, 1.165) is 19.4 Å². The van der Waals surface area contributed by atoms with E-state index in [2.05, 4.69) is 0 Å². The molecule has 0 aliphatic carbocycles. The van der Waals surface area contributed by atoms with E-state index in [1.807, 2.05) is 6.92 Å². The first kappa shape index (κ1) is 17.4. The summed E-state index contributed by atoms with van der Waals surface area (Å²) in [6.45, 7) is 3.19. The normalized spacial score (nSPS) is 10.6. The fraction of sp³-hybridized carbons (Fsp3) is 0.933. The lowest BCUT2D eigenvalue weighted by molar-refractivity contribution is -0.143. The Hall–Kier alpha value is -0.570. The number of unbranched alkanes of at least 4 members (excludes halogenated alkanes) is 9. The van der Waals surface area contributed by atoms with Crippen LogP contribution in [0.2, 0.25) is 0 Å². The molecule has 0 radical (unpaired) electrons. The minimum absolute atomic E-state index is 0.0441. The van der Waals surface area contributed by atoms with E-state index in [-0.39, 0.29) is 5.97 Å². The highest BCUT2D eigenvalue weighted by atomic mass is 16.5. The van der Waals surface area contributed by atoms with Gasteiger partial charge in [0.2, 0.25) is 0 Å². The van der Waals surface area contributed by atoms with E-state index in [0.29, 0.717) is 13.0 Å². The molecule has 0 amide bonds. The minimum Gasteiger partial charge on any atom is -0.466 e. The molecule has 0 atom stereocenters. The van der Waals surface area contributed by atoms with Crippen LogP contribution in [0.4, 0.5) is 0 Å². The number of carbonyl (C=O) groups is 1. The average Bonchev–Trinajstić information content (AvgIpc) is 2.36. The second kappa shape index (κ2) is 14.5. The molecule has 0 spiro atoms. The Kier molecular flexibility index (Phi) is 14.0. The molecule has 18 heavy (non-hydrogen) atoms. The van der Waals surface area contributed by atoms with E-state index in [9.17, 15) is 4.79 Å². The third-order valence-electron chi connectivity index (χ3n) is 3.14. The van der Waals surface area contributed by atoms with Crippen LogP contribution in [0.1, 0.15) is 77.6 Å². The summed E-state index contributed by atoms with van der Waals surface area (Å²) in [7, 11) is 0. The van der Waals surface area contributed by atoms with E-state index < -0.39 is 0 Å². The van der Waals surface area contributed by atoms with Crippen LogP contribution in [0.25, 0.3) is 0 Å². The van der Waals surface area contributed by atoms with Gasteiger partial charge in [-0.05, 0) is 26.3 Å². The zero-order chi connectivity index (χ0) is 13.5. The average molecular weight is 257 g/mol. The lowest BCUT2D eigenvalue weighted by Gasteiger charge is -2.03. The maximum atomic E-state index is 11.1. The third kappa shape index (κ3) is 13.5. The van der Waals surface area contributed by atoms with Crippen molar-refractivity contribution < 1.29 is 9.53 Å². The van der Waals surface area contributed by atoms with Crippen LogP contribution >= 0.6 is 0 Å². The smallest absolute Gasteiger partial charge is 0.305 e. The summed E-state index contributed by atoms with van der Waals surface area (Å²) in [5, 5.41) is 0. The summed E-state index contributed by atoms with van der Waals surface area (Å²) < 4.78 is 4.89. The van der Waals surface area contributed by atoms with Crippen molar-refractivity contribution in [2.75, 3.05) is 13.2 Å². The molecule has 3 heteroatoms. The molecule has 0 aromatic heterocycles. The van der Waals surface area contributed by atoms with Gasteiger partial charge in [0.15, 0.2) is 0 Å². The molecular formula is C15H31NO2. The van der Waals surface area contributed by atoms with Gasteiger partial charge in [0.1, 0.15) is 0 Å². The van der Waals surface area contributed by atoms with Gasteiger partial charge in [-0.15, -0.1) is 0 Å². The number of esters is 1. The quantitative estimate of drug-likeness (QED) is 0.403. The summed E-state index contributed by atoms with van der Waals surface area (Å²) in [5.74, 6) is -0.0441.